The number of piperidine rings is 1. The van der Waals surface area contributed by atoms with Crippen molar-refractivity contribution in [1.29, 1.82) is 0 Å². The third-order valence-corrected chi connectivity index (χ3v) is 5.70. The van der Waals surface area contributed by atoms with E-state index < -0.39 is 0 Å². The second-order valence-corrected chi connectivity index (χ2v) is 9.39. The zero-order valence-corrected chi connectivity index (χ0v) is 16.4. The highest BCUT2D eigenvalue weighted by Gasteiger charge is 2.42. The molecule has 1 amide bonds. The highest BCUT2D eigenvalue weighted by molar-refractivity contribution is 5.76. The van der Waals surface area contributed by atoms with E-state index in [0.717, 1.165) is 31.9 Å². The Morgan fingerprint density at radius 2 is 2.04 bits per heavy atom. The standard InChI is InChI=1S/C20H34N4O/c1-17-6-10-21-24(17)12-7-18(25)23-13-9-20(16-23)8-5-11-22(15-20)14-19(2,3)4/h6,10H,5,7-9,11-16H2,1-4H3/t20-/m1/s1. The fourth-order valence-electron chi connectivity index (χ4n) is 4.59. The zero-order valence-electron chi connectivity index (χ0n) is 16.4. The third-order valence-electron chi connectivity index (χ3n) is 5.70. The Bertz CT molecular complexity index is 603. The quantitative estimate of drug-likeness (QED) is 0.842. The number of amides is 1. The van der Waals surface area contributed by atoms with E-state index in [1.54, 1.807) is 6.20 Å². The number of nitrogens with zero attached hydrogens (tertiary/aromatic N) is 4. The minimum Gasteiger partial charge on any atom is -0.342 e. The van der Waals surface area contributed by atoms with Gasteiger partial charge in [0.25, 0.3) is 0 Å². The first-order chi connectivity index (χ1) is 11.8. The second-order valence-electron chi connectivity index (χ2n) is 9.39. The summed E-state index contributed by atoms with van der Waals surface area (Å²) in [5, 5.41) is 4.28. The van der Waals surface area contributed by atoms with E-state index >= 15 is 0 Å². The Balaban J connectivity index is 1.53. The second kappa shape index (κ2) is 7.10. The van der Waals surface area contributed by atoms with Gasteiger partial charge in [-0.1, -0.05) is 20.8 Å². The van der Waals surface area contributed by atoms with Gasteiger partial charge in [-0.25, -0.2) is 0 Å². The van der Waals surface area contributed by atoms with E-state index in [4.69, 9.17) is 0 Å². The first-order valence-corrected chi connectivity index (χ1v) is 9.75. The molecular weight excluding hydrogens is 312 g/mol. The fourth-order valence-corrected chi connectivity index (χ4v) is 4.59. The van der Waals surface area contributed by atoms with Gasteiger partial charge < -0.3 is 9.80 Å². The molecule has 0 radical (unpaired) electrons. The summed E-state index contributed by atoms with van der Waals surface area (Å²) in [7, 11) is 0. The largest absolute Gasteiger partial charge is 0.342 e. The maximum absolute atomic E-state index is 12.7. The molecule has 1 spiro atoms. The van der Waals surface area contributed by atoms with Gasteiger partial charge in [0, 0.05) is 56.5 Å². The van der Waals surface area contributed by atoms with Gasteiger partial charge in [0.05, 0.1) is 0 Å². The molecule has 0 bridgehead atoms. The molecule has 0 saturated carbocycles. The average Bonchev–Trinajstić information content (AvgIpc) is 3.10. The molecule has 2 fully saturated rings. The van der Waals surface area contributed by atoms with Crippen molar-refractivity contribution in [3.05, 3.63) is 18.0 Å². The molecule has 3 heterocycles. The van der Waals surface area contributed by atoms with Crippen LogP contribution >= 0.6 is 0 Å². The van der Waals surface area contributed by atoms with Crippen molar-refractivity contribution in [1.82, 2.24) is 19.6 Å². The fraction of sp³-hybridized carbons (Fsp3) is 0.800. The van der Waals surface area contributed by atoms with Crippen LogP contribution in [-0.2, 0) is 11.3 Å². The Hall–Kier alpha value is -1.36. The molecule has 25 heavy (non-hydrogen) atoms. The van der Waals surface area contributed by atoms with Crippen LogP contribution in [0.5, 0.6) is 0 Å². The van der Waals surface area contributed by atoms with E-state index in [0.29, 0.717) is 29.7 Å². The van der Waals surface area contributed by atoms with Gasteiger partial charge in [-0.15, -0.1) is 0 Å². The Morgan fingerprint density at radius 1 is 1.24 bits per heavy atom. The number of hydrogen-bond donors (Lipinski definition) is 0. The smallest absolute Gasteiger partial charge is 0.224 e. The van der Waals surface area contributed by atoms with Crippen molar-refractivity contribution in [2.24, 2.45) is 10.8 Å². The van der Waals surface area contributed by atoms with Gasteiger partial charge in [0.2, 0.25) is 5.91 Å². The van der Waals surface area contributed by atoms with Crippen molar-refractivity contribution in [3.8, 4) is 0 Å². The van der Waals surface area contributed by atoms with E-state index in [1.165, 1.54) is 25.8 Å². The number of carbonyl (C=O) groups excluding carboxylic acids is 1. The monoisotopic (exact) mass is 346 g/mol. The molecule has 3 rings (SSSR count). The molecule has 0 aliphatic carbocycles. The van der Waals surface area contributed by atoms with Gasteiger partial charge in [0.15, 0.2) is 0 Å². The molecule has 0 N–H and O–H groups in total. The molecular formula is C20H34N4O. The van der Waals surface area contributed by atoms with Crippen LogP contribution < -0.4 is 0 Å². The van der Waals surface area contributed by atoms with Crippen molar-refractivity contribution in [2.45, 2.75) is 59.9 Å². The van der Waals surface area contributed by atoms with E-state index in [1.807, 2.05) is 17.7 Å². The molecule has 1 aromatic rings. The highest BCUT2D eigenvalue weighted by Crippen LogP contribution is 2.39. The van der Waals surface area contributed by atoms with Crippen molar-refractivity contribution in [2.75, 3.05) is 32.7 Å². The lowest BCUT2D eigenvalue weighted by molar-refractivity contribution is -0.131. The van der Waals surface area contributed by atoms with Gasteiger partial charge in [-0.2, -0.15) is 5.10 Å². The summed E-state index contributed by atoms with van der Waals surface area (Å²) < 4.78 is 1.93. The van der Waals surface area contributed by atoms with Gasteiger partial charge >= 0.3 is 0 Å². The van der Waals surface area contributed by atoms with Gasteiger partial charge in [0.1, 0.15) is 0 Å². The maximum atomic E-state index is 12.7. The van der Waals surface area contributed by atoms with Crippen LogP contribution in [0.1, 0.15) is 52.1 Å². The van der Waals surface area contributed by atoms with Crippen molar-refractivity contribution >= 4 is 5.91 Å². The SMILES string of the molecule is Cc1ccnn1CCC(=O)N1CC[C@@]2(CCCN(CC(C)(C)C)C2)C1. The lowest BCUT2D eigenvalue weighted by atomic mass is 9.78. The lowest BCUT2D eigenvalue weighted by Gasteiger charge is -2.42. The zero-order chi connectivity index (χ0) is 18.1. The number of hydrogen-bond acceptors (Lipinski definition) is 3. The summed E-state index contributed by atoms with van der Waals surface area (Å²) in [4.78, 5) is 17.4. The summed E-state index contributed by atoms with van der Waals surface area (Å²) in [5.74, 6) is 0.291. The van der Waals surface area contributed by atoms with E-state index in [2.05, 4.69) is 35.7 Å². The molecule has 2 saturated heterocycles. The van der Waals surface area contributed by atoms with Gasteiger partial charge in [-0.05, 0) is 44.2 Å². The summed E-state index contributed by atoms with van der Waals surface area (Å²) in [5.41, 5.74) is 1.80. The third kappa shape index (κ3) is 4.63. The maximum Gasteiger partial charge on any atom is 0.224 e. The minimum atomic E-state index is 0.291. The lowest BCUT2D eigenvalue weighted by Crippen LogP contribution is -2.47. The van der Waals surface area contributed by atoms with Crippen LogP contribution in [0.2, 0.25) is 0 Å². The van der Waals surface area contributed by atoms with Crippen molar-refractivity contribution in [3.63, 3.8) is 0 Å². The first-order valence-electron chi connectivity index (χ1n) is 9.75. The van der Waals surface area contributed by atoms with Crippen LogP contribution in [0.15, 0.2) is 12.3 Å². The molecule has 140 valence electrons. The highest BCUT2D eigenvalue weighted by atomic mass is 16.2. The number of rotatable bonds is 4. The summed E-state index contributed by atoms with van der Waals surface area (Å²) in [6.07, 6.45) is 6.07. The van der Waals surface area contributed by atoms with Crippen molar-refractivity contribution < 1.29 is 4.79 Å². The normalized spacial score (nSPS) is 25.0. The molecule has 2 aliphatic heterocycles. The molecule has 0 aromatic carbocycles. The number of likely N-dealkylation sites (tertiary alicyclic amines) is 2. The van der Waals surface area contributed by atoms with Crippen LogP contribution in [0.4, 0.5) is 0 Å². The van der Waals surface area contributed by atoms with Gasteiger partial charge in [-0.3, -0.25) is 9.48 Å². The molecule has 0 unspecified atom stereocenters. The van der Waals surface area contributed by atoms with Crippen LogP contribution in [0, 0.1) is 17.8 Å². The molecule has 1 aromatic heterocycles. The Kier molecular flexibility index (Phi) is 5.24. The van der Waals surface area contributed by atoms with E-state index in [-0.39, 0.29) is 0 Å². The average molecular weight is 347 g/mol. The number of aryl methyl sites for hydroxylation is 2. The van der Waals surface area contributed by atoms with Crippen LogP contribution in [0.3, 0.4) is 0 Å². The predicted molar refractivity (Wildman–Crippen MR) is 100 cm³/mol. The molecule has 2 aliphatic rings. The topological polar surface area (TPSA) is 41.4 Å². The Morgan fingerprint density at radius 3 is 2.72 bits per heavy atom. The van der Waals surface area contributed by atoms with Crippen LogP contribution in [0.25, 0.3) is 0 Å². The Labute approximate surface area is 152 Å². The van der Waals surface area contributed by atoms with E-state index in [9.17, 15) is 4.79 Å². The van der Waals surface area contributed by atoms with Crippen LogP contribution in [-0.4, -0.2) is 58.2 Å². The number of carbonyl (C=O) groups is 1. The first kappa shape index (κ1) is 18.4. The molecule has 5 heteroatoms. The summed E-state index contributed by atoms with van der Waals surface area (Å²) in [6.45, 7) is 15.1. The minimum absolute atomic E-state index is 0.291. The summed E-state index contributed by atoms with van der Waals surface area (Å²) in [6, 6.07) is 1.99. The molecule has 5 nitrogen and oxygen atoms in total. The number of aromatic nitrogens is 2. The molecule has 1 atom stereocenters. The predicted octanol–water partition coefficient (Wildman–Crippen LogP) is 2.94. The summed E-state index contributed by atoms with van der Waals surface area (Å²) >= 11 is 0.